The quantitative estimate of drug-likeness (QED) is 0.737. The molecule has 0 aliphatic rings. The van der Waals surface area contributed by atoms with Crippen molar-refractivity contribution in [1.82, 2.24) is 5.32 Å². The molecule has 118 valence electrons. The van der Waals surface area contributed by atoms with Crippen molar-refractivity contribution in [3.05, 3.63) is 63.5 Å². The van der Waals surface area contributed by atoms with Gasteiger partial charge in [-0.2, -0.15) is 0 Å². The van der Waals surface area contributed by atoms with Crippen molar-refractivity contribution >= 4 is 38.9 Å². The van der Waals surface area contributed by atoms with Crippen molar-refractivity contribution in [2.45, 2.75) is 13.5 Å². The molecule has 1 N–H and O–H groups in total. The summed E-state index contributed by atoms with van der Waals surface area (Å²) in [6.07, 6.45) is 0. The zero-order chi connectivity index (χ0) is 16.4. The van der Waals surface area contributed by atoms with Crippen LogP contribution in [0.3, 0.4) is 0 Å². The highest BCUT2D eigenvalue weighted by Crippen LogP contribution is 2.38. The molecule has 0 radical (unpaired) electrons. The molecule has 0 atom stereocenters. The number of halogens is 1. The Morgan fingerprint density at radius 1 is 1.22 bits per heavy atom. The first-order valence-electron chi connectivity index (χ1n) is 7.18. The molecule has 0 saturated carbocycles. The first-order chi connectivity index (χ1) is 11.1. The molecule has 3 rings (SSSR count). The van der Waals surface area contributed by atoms with E-state index in [0.29, 0.717) is 22.2 Å². The third kappa shape index (κ3) is 3.33. The van der Waals surface area contributed by atoms with Gasteiger partial charge in [0.2, 0.25) is 0 Å². The molecule has 5 heteroatoms. The van der Waals surface area contributed by atoms with Gasteiger partial charge < -0.3 is 10.1 Å². The van der Waals surface area contributed by atoms with Gasteiger partial charge in [-0.15, -0.1) is 11.3 Å². The molecular weight excluding hydrogens is 330 g/mol. The maximum absolute atomic E-state index is 12.5. The summed E-state index contributed by atoms with van der Waals surface area (Å²) in [6, 6.07) is 13.6. The van der Waals surface area contributed by atoms with E-state index < -0.39 is 0 Å². The first kappa shape index (κ1) is 15.8. The van der Waals surface area contributed by atoms with Gasteiger partial charge in [0.05, 0.1) is 7.11 Å². The van der Waals surface area contributed by atoms with E-state index in [9.17, 15) is 4.79 Å². The number of carbonyl (C=O) groups is 1. The van der Waals surface area contributed by atoms with Gasteiger partial charge in [-0.05, 0) is 30.7 Å². The predicted octanol–water partition coefficient (Wildman–Crippen LogP) is 4.80. The van der Waals surface area contributed by atoms with Crippen LogP contribution in [0.1, 0.15) is 20.8 Å². The molecule has 0 aliphatic heterocycles. The molecule has 23 heavy (non-hydrogen) atoms. The smallest absolute Gasteiger partial charge is 0.265 e. The van der Waals surface area contributed by atoms with Crippen LogP contribution in [0.2, 0.25) is 5.02 Å². The van der Waals surface area contributed by atoms with E-state index in [1.807, 2.05) is 49.4 Å². The number of rotatable bonds is 4. The maximum atomic E-state index is 12.5. The number of ether oxygens (including phenoxy) is 1. The Labute approximate surface area is 143 Å². The normalized spacial score (nSPS) is 10.7. The molecule has 0 fully saturated rings. The highest BCUT2D eigenvalue weighted by Gasteiger charge is 2.19. The summed E-state index contributed by atoms with van der Waals surface area (Å²) in [7, 11) is 1.57. The highest BCUT2D eigenvalue weighted by molar-refractivity contribution is 7.21. The second kappa shape index (κ2) is 6.60. The van der Waals surface area contributed by atoms with Crippen molar-refractivity contribution in [2.75, 3.05) is 7.11 Å². The average Bonchev–Trinajstić information content (AvgIpc) is 2.91. The van der Waals surface area contributed by atoms with Crippen molar-refractivity contribution in [2.24, 2.45) is 0 Å². The number of aryl methyl sites for hydroxylation is 1. The van der Waals surface area contributed by atoms with E-state index in [4.69, 9.17) is 16.3 Å². The lowest BCUT2D eigenvalue weighted by Gasteiger charge is -2.06. The van der Waals surface area contributed by atoms with Gasteiger partial charge >= 0.3 is 0 Å². The molecule has 0 bridgehead atoms. The number of methoxy groups -OCH3 is 1. The van der Waals surface area contributed by atoms with Crippen LogP contribution in [0.25, 0.3) is 10.1 Å². The number of amides is 1. The second-order valence-electron chi connectivity index (χ2n) is 5.27. The number of hydrogen-bond donors (Lipinski definition) is 1. The Kier molecular flexibility index (Phi) is 4.55. The van der Waals surface area contributed by atoms with Gasteiger partial charge in [0.25, 0.3) is 5.91 Å². The largest absolute Gasteiger partial charge is 0.494 e. The molecule has 3 aromatic rings. The molecule has 1 aromatic heterocycles. The van der Waals surface area contributed by atoms with E-state index >= 15 is 0 Å². The van der Waals surface area contributed by atoms with E-state index in [0.717, 1.165) is 15.6 Å². The number of benzene rings is 2. The Bertz CT molecular complexity index is 855. The summed E-state index contributed by atoms with van der Waals surface area (Å²) < 4.78 is 6.41. The van der Waals surface area contributed by atoms with Crippen molar-refractivity contribution in [3.8, 4) is 5.75 Å². The molecule has 0 saturated heterocycles. The summed E-state index contributed by atoms with van der Waals surface area (Å²) in [5, 5.41) is 4.43. The van der Waals surface area contributed by atoms with Gasteiger partial charge in [-0.1, -0.05) is 41.4 Å². The summed E-state index contributed by atoms with van der Waals surface area (Å²) >= 11 is 7.45. The molecule has 1 amide bonds. The lowest BCUT2D eigenvalue weighted by molar-refractivity contribution is 0.0952. The lowest BCUT2D eigenvalue weighted by Crippen LogP contribution is -2.22. The second-order valence-corrected chi connectivity index (χ2v) is 6.76. The number of hydrogen-bond acceptors (Lipinski definition) is 3. The topological polar surface area (TPSA) is 38.3 Å². The van der Waals surface area contributed by atoms with Crippen LogP contribution < -0.4 is 10.1 Å². The minimum Gasteiger partial charge on any atom is -0.494 e. The highest BCUT2D eigenvalue weighted by atomic mass is 35.5. The van der Waals surface area contributed by atoms with Gasteiger partial charge in [0, 0.05) is 21.7 Å². The fourth-order valence-corrected chi connectivity index (χ4v) is 3.61. The monoisotopic (exact) mass is 345 g/mol. The minimum atomic E-state index is -0.139. The summed E-state index contributed by atoms with van der Waals surface area (Å²) in [4.78, 5) is 13.1. The molecule has 1 heterocycles. The van der Waals surface area contributed by atoms with E-state index in [1.54, 1.807) is 7.11 Å². The van der Waals surface area contributed by atoms with Crippen molar-refractivity contribution in [3.63, 3.8) is 0 Å². The molecule has 0 aliphatic carbocycles. The van der Waals surface area contributed by atoms with Crippen LogP contribution in [0, 0.1) is 6.92 Å². The third-order valence-corrected chi connectivity index (χ3v) is 4.97. The Morgan fingerprint density at radius 2 is 1.96 bits per heavy atom. The minimum absolute atomic E-state index is 0.139. The molecule has 2 aromatic carbocycles. The predicted molar refractivity (Wildman–Crippen MR) is 95.7 cm³/mol. The van der Waals surface area contributed by atoms with Crippen molar-refractivity contribution in [1.29, 1.82) is 0 Å². The standard InChI is InChI=1S/C18H16ClNO2S/c1-11-3-5-12(6-4-11)10-20-18(21)17-16(22-2)14-9-13(19)7-8-15(14)23-17/h3-9H,10H2,1-2H3,(H,20,21). The third-order valence-electron chi connectivity index (χ3n) is 3.59. The van der Waals surface area contributed by atoms with Crippen LogP contribution in [0.15, 0.2) is 42.5 Å². The Balaban J connectivity index is 1.84. The zero-order valence-electron chi connectivity index (χ0n) is 12.9. The fraction of sp³-hybridized carbons (Fsp3) is 0.167. The van der Waals surface area contributed by atoms with E-state index in [-0.39, 0.29) is 5.91 Å². The summed E-state index contributed by atoms with van der Waals surface area (Å²) in [5.41, 5.74) is 2.26. The van der Waals surface area contributed by atoms with Gasteiger partial charge in [-0.3, -0.25) is 4.79 Å². The Hall–Kier alpha value is -2.04. The molecule has 0 spiro atoms. The maximum Gasteiger partial charge on any atom is 0.265 e. The number of nitrogens with one attached hydrogen (secondary N) is 1. The van der Waals surface area contributed by atoms with Crippen LogP contribution in [0.4, 0.5) is 0 Å². The van der Waals surface area contributed by atoms with E-state index in [1.165, 1.54) is 16.9 Å². The SMILES string of the molecule is COc1c(C(=O)NCc2ccc(C)cc2)sc2ccc(Cl)cc12. The number of thiophene rings is 1. The van der Waals surface area contributed by atoms with Gasteiger partial charge in [-0.25, -0.2) is 0 Å². The number of fused-ring (bicyclic) bond motifs is 1. The van der Waals surface area contributed by atoms with E-state index in [2.05, 4.69) is 5.32 Å². The van der Waals surface area contributed by atoms with Gasteiger partial charge in [0.15, 0.2) is 0 Å². The van der Waals surface area contributed by atoms with Crippen molar-refractivity contribution < 1.29 is 9.53 Å². The lowest BCUT2D eigenvalue weighted by atomic mass is 10.1. The Morgan fingerprint density at radius 3 is 2.65 bits per heavy atom. The molecule has 0 unspecified atom stereocenters. The number of carbonyl (C=O) groups excluding carboxylic acids is 1. The van der Waals surface area contributed by atoms with Crippen LogP contribution in [-0.2, 0) is 6.54 Å². The average molecular weight is 346 g/mol. The van der Waals surface area contributed by atoms with Crippen LogP contribution >= 0.6 is 22.9 Å². The first-order valence-corrected chi connectivity index (χ1v) is 8.37. The fourth-order valence-electron chi connectivity index (χ4n) is 2.37. The van der Waals surface area contributed by atoms with Crippen LogP contribution in [-0.4, -0.2) is 13.0 Å². The summed E-state index contributed by atoms with van der Waals surface area (Å²) in [5.74, 6) is 0.439. The van der Waals surface area contributed by atoms with Crippen LogP contribution in [0.5, 0.6) is 5.75 Å². The molecule has 3 nitrogen and oxygen atoms in total. The van der Waals surface area contributed by atoms with Gasteiger partial charge in [0.1, 0.15) is 10.6 Å². The zero-order valence-corrected chi connectivity index (χ0v) is 14.4. The molecular formula is C18H16ClNO2S. The summed E-state index contributed by atoms with van der Waals surface area (Å²) in [6.45, 7) is 2.52.